The van der Waals surface area contributed by atoms with Gasteiger partial charge in [0, 0.05) is 28.9 Å². The van der Waals surface area contributed by atoms with E-state index in [1.54, 1.807) is 15.8 Å². The van der Waals surface area contributed by atoms with Crippen molar-refractivity contribution in [3.05, 3.63) is 154 Å². The van der Waals surface area contributed by atoms with Crippen LogP contribution in [0.1, 0.15) is 147 Å². The van der Waals surface area contributed by atoms with Crippen LogP contribution < -0.4 is 4.74 Å². The second-order valence-corrected chi connectivity index (χ2v) is 25.8. The first-order valence-electron chi connectivity index (χ1n) is 25.5. The average Bonchev–Trinajstić information content (AvgIpc) is 3.25. The van der Waals surface area contributed by atoms with E-state index in [2.05, 4.69) is 130 Å². The Bertz CT molecular complexity index is 2180. The Morgan fingerprint density at radius 3 is 1.47 bits per heavy atom. The Morgan fingerprint density at radius 2 is 1.03 bits per heavy atom. The summed E-state index contributed by atoms with van der Waals surface area (Å²) >= 11 is 9.12. The molecule has 1 aliphatic heterocycles. The topological polar surface area (TPSA) is 69.9 Å². The molecule has 0 amide bonds. The highest BCUT2D eigenvalue weighted by molar-refractivity contribution is 6.58. The van der Waals surface area contributed by atoms with Crippen molar-refractivity contribution >= 4 is 37.4 Å². The fraction of sp³-hybridized carbons (Fsp3) is 0.508. The molecule has 0 spiro atoms. The van der Waals surface area contributed by atoms with E-state index in [-0.39, 0.29) is 40.2 Å². The van der Waals surface area contributed by atoms with Crippen LogP contribution in [0.25, 0.3) is 0 Å². The molecule has 4 nitrogen and oxygen atoms in total. The van der Waals surface area contributed by atoms with Crippen molar-refractivity contribution in [3.8, 4) is 23.0 Å². The molecular formula is C61H85AlCl2O4. The van der Waals surface area contributed by atoms with Crippen molar-refractivity contribution in [3.63, 3.8) is 0 Å². The lowest BCUT2D eigenvalue weighted by molar-refractivity contribution is 0.0107. The normalized spacial score (nSPS) is 19.1. The van der Waals surface area contributed by atoms with Crippen molar-refractivity contribution in [1.29, 1.82) is 0 Å². The van der Waals surface area contributed by atoms with E-state index in [0.717, 1.165) is 97.1 Å². The van der Waals surface area contributed by atoms with Crippen LogP contribution in [0, 0.1) is 29.6 Å². The predicted octanol–water partition coefficient (Wildman–Crippen LogP) is 17.6. The van der Waals surface area contributed by atoms with Gasteiger partial charge in [-0.15, -0.1) is 23.2 Å². The first kappa shape index (κ1) is 57.0. The number of benzene rings is 4. The minimum Gasteiger partial charge on any atom is -0.507 e. The summed E-state index contributed by atoms with van der Waals surface area (Å²) in [5.74, 6) is 5.33. The molecule has 4 atom stereocenters. The largest absolute Gasteiger partial charge is 0.507 e. The highest BCUT2D eigenvalue weighted by Gasteiger charge is 2.45. The molecular weight excluding hydrogens is 895 g/mol. The first-order chi connectivity index (χ1) is 32.2. The molecule has 7 heteroatoms. The average molecular weight is 980 g/mol. The predicted molar refractivity (Wildman–Crippen MR) is 295 cm³/mol. The molecule has 4 aromatic rings. The lowest BCUT2D eigenvalue weighted by atomic mass is 9.68. The highest BCUT2D eigenvalue weighted by Crippen LogP contribution is 2.53. The molecule has 3 N–H and O–H groups in total. The summed E-state index contributed by atoms with van der Waals surface area (Å²) < 4.78 is 6.41. The van der Waals surface area contributed by atoms with Gasteiger partial charge in [0.05, 0.1) is 5.34 Å². The maximum atomic E-state index is 10.8. The van der Waals surface area contributed by atoms with Crippen LogP contribution in [0.2, 0.25) is 15.8 Å². The molecule has 0 saturated heterocycles. The van der Waals surface area contributed by atoms with Gasteiger partial charge in [0.15, 0.2) is 0 Å². The summed E-state index contributed by atoms with van der Waals surface area (Å²) in [4.78, 5) is 0. The van der Waals surface area contributed by atoms with Gasteiger partial charge in [-0.05, 0) is 138 Å². The number of aryl methyl sites for hydroxylation is 4. The zero-order valence-corrected chi connectivity index (χ0v) is 46.2. The van der Waals surface area contributed by atoms with E-state index in [9.17, 15) is 15.3 Å². The van der Waals surface area contributed by atoms with Crippen molar-refractivity contribution < 1.29 is 20.1 Å². The van der Waals surface area contributed by atoms with Crippen LogP contribution in [0.5, 0.6) is 23.0 Å². The van der Waals surface area contributed by atoms with Gasteiger partial charge in [-0.3, -0.25) is 0 Å². The minimum atomic E-state index is -0.407. The van der Waals surface area contributed by atoms with Gasteiger partial charge in [-0.25, -0.2) is 0 Å². The molecule has 0 aromatic heterocycles. The molecule has 370 valence electrons. The van der Waals surface area contributed by atoms with Crippen molar-refractivity contribution in [1.82, 2.24) is 0 Å². The van der Waals surface area contributed by atoms with E-state index in [1.165, 1.54) is 22.3 Å². The van der Waals surface area contributed by atoms with Crippen LogP contribution in [0.3, 0.4) is 0 Å². The van der Waals surface area contributed by atoms with Crippen molar-refractivity contribution in [2.75, 3.05) is 5.34 Å². The van der Waals surface area contributed by atoms with Gasteiger partial charge < -0.3 is 20.1 Å². The number of aromatic hydroxyl groups is 3. The summed E-state index contributed by atoms with van der Waals surface area (Å²) in [7, 11) is 0. The van der Waals surface area contributed by atoms with Gasteiger partial charge in [0.2, 0.25) is 0 Å². The van der Waals surface area contributed by atoms with E-state index in [1.807, 2.05) is 49.4 Å². The third-order valence-corrected chi connectivity index (χ3v) is 18.8. The molecule has 4 aromatic carbocycles. The summed E-state index contributed by atoms with van der Waals surface area (Å²) in [5.41, 5.74) is 9.90. The minimum absolute atomic E-state index is 0.00979. The number of hydrogen-bond donors (Lipinski definition) is 3. The molecule has 0 unspecified atom stereocenters. The summed E-state index contributed by atoms with van der Waals surface area (Å²) in [6.07, 6.45) is 12.4. The second kappa shape index (κ2) is 27.7. The highest BCUT2D eigenvalue weighted by atomic mass is 35.5. The molecule has 1 heterocycles. The van der Waals surface area contributed by atoms with Crippen LogP contribution in [-0.4, -0.2) is 40.4 Å². The van der Waals surface area contributed by atoms with Crippen LogP contribution >= 0.6 is 23.2 Å². The van der Waals surface area contributed by atoms with E-state index in [4.69, 9.17) is 27.9 Å². The number of hydrogen-bond acceptors (Lipinski definition) is 4. The third kappa shape index (κ3) is 17.7. The maximum absolute atomic E-state index is 10.8. The number of allylic oxidation sites excluding steroid dienone is 5. The molecule has 0 saturated carbocycles. The van der Waals surface area contributed by atoms with Crippen LogP contribution in [-0.2, 0) is 25.7 Å². The first-order valence-corrected chi connectivity index (χ1v) is 29.0. The Hall–Kier alpha value is -3.59. The van der Waals surface area contributed by atoms with Crippen molar-refractivity contribution in [2.24, 2.45) is 29.6 Å². The fourth-order valence-corrected chi connectivity index (χ4v) is 15.5. The summed E-state index contributed by atoms with van der Waals surface area (Å²) in [6, 6.07) is 28.5. The molecule has 3 aliphatic rings. The molecule has 0 radical (unpaired) electrons. The number of ether oxygens (including phenoxy) is 1. The van der Waals surface area contributed by atoms with Crippen LogP contribution in [0.15, 0.2) is 120 Å². The zero-order valence-electron chi connectivity index (χ0n) is 43.6. The summed E-state index contributed by atoms with van der Waals surface area (Å²) in [6.45, 7) is 29.1. The lowest BCUT2D eigenvalue weighted by Gasteiger charge is -2.46. The Kier molecular flexibility index (Phi) is 23.2. The second-order valence-electron chi connectivity index (χ2n) is 21.8. The van der Waals surface area contributed by atoms with Gasteiger partial charge in [-0.1, -0.05) is 171 Å². The van der Waals surface area contributed by atoms with Crippen molar-refractivity contribution in [2.45, 2.75) is 161 Å². The number of phenolic OH excluding ortho intramolecular Hbond substituents is 3. The fourth-order valence-electron chi connectivity index (χ4n) is 11.0. The molecule has 0 bridgehead atoms. The number of halogens is 2. The molecule has 68 heavy (non-hydrogen) atoms. The van der Waals surface area contributed by atoms with Gasteiger partial charge in [0.25, 0.3) is 14.1 Å². The number of rotatable bonds is 14. The van der Waals surface area contributed by atoms with Crippen LogP contribution in [0.4, 0.5) is 0 Å². The number of phenols is 3. The number of alkyl halides is 2. The Balaban J connectivity index is 0.000000228. The summed E-state index contributed by atoms with van der Waals surface area (Å²) in [5, 5.41) is 37.0. The smallest absolute Gasteiger partial charge is 0.262 e. The quantitative estimate of drug-likeness (QED) is 0.0669. The van der Waals surface area contributed by atoms with E-state index >= 15 is 0 Å². The van der Waals surface area contributed by atoms with E-state index in [0.29, 0.717) is 17.2 Å². The standard InChI is InChI=1S/2C24H28O2.3C4H9.CH2Cl2.Al/c1-16-9-12-20-19(13-16)23-21(25)14-18(15-22(23)26-24(20,2)3)11-10-17-7-5-4-6-8-17;1-16(2)20-12-9-17(3)13-21(20)24-22(25)14-19(15-23(24)26)11-10-18-7-5-4-6-8-18;3*1-4(2)3;2-1-3;/h4-8,13-15,19-20,25H,9-12H2,1-3H3;4-8,13-15,20-21,25-26H,1,9-12H2,2-3H3;3*4H,1H2,2-3H3;1H2;/t19-,20-;20-,21+;;;;;/m10...../s1. The zero-order chi connectivity index (χ0) is 50.1. The monoisotopic (exact) mass is 979 g/mol. The van der Waals surface area contributed by atoms with Gasteiger partial charge in [-0.2, -0.15) is 0 Å². The lowest BCUT2D eigenvalue weighted by Crippen LogP contribution is -2.45. The molecule has 7 rings (SSSR count). The van der Waals surface area contributed by atoms with Gasteiger partial charge >= 0.3 is 0 Å². The molecule has 0 fully saturated rings. The third-order valence-electron chi connectivity index (χ3n) is 13.9. The SMILES string of the molecule is C=C(C)[C@@H]1CCC(C)=C[C@H]1c1c(O)cc(CCc2ccccc2)cc1O.CC(C)[CH2][Al]([CH2]C(C)C)[CH2]C(C)C.CC1=C[C@H]2c3c(O)cc(CCc4ccccc4)cc3OC(C)(C)[C@@H]2CC1.ClCCl. The van der Waals surface area contributed by atoms with E-state index < -0.39 is 14.1 Å². The Labute approximate surface area is 427 Å². The maximum Gasteiger partial charge on any atom is 0.262 e. The molecule has 2 aliphatic carbocycles. The van der Waals surface area contributed by atoms with Gasteiger partial charge in [0.1, 0.15) is 28.6 Å². The Morgan fingerprint density at radius 1 is 0.632 bits per heavy atom. The number of fused-ring (bicyclic) bond motifs is 3.